The summed E-state index contributed by atoms with van der Waals surface area (Å²) in [6.07, 6.45) is 0.876. The Hall–Kier alpha value is -4.11. The van der Waals surface area contributed by atoms with Crippen LogP contribution in [0.5, 0.6) is 11.5 Å². The number of aromatic nitrogens is 2. The Kier molecular flexibility index (Phi) is 7.89. The summed E-state index contributed by atoms with van der Waals surface area (Å²) in [4.78, 5) is 6.17. The molecular weight excluding hydrogens is 566 g/mol. The third-order valence-electron chi connectivity index (χ3n) is 9.00. The summed E-state index contributed by atoms with van der Waals surface area (Å²) in [6.45, 7) is 5.48. The van der Waals surface area contributed by atoms with Crippen molar-refractivity contribution in [1.82, 2.24) is 19.6 Å². The van der Waals surface area contributed by atoms with Crippen LogP contribution >= 0.6 is 11.3 Å². The number of nitrogens with zero attached hydrogens (tertiary/aromatic N) is 4. The molecule has 8 heteroatoms. The predicted octanol–water partition coefficient (Wildman–Crippen LogP) is 6.63. The monoisotopic (exact) mass is 605 g/mol. The van der Waals surface area contributed by atoms with Crippen molar-refractivity contribution in [2.75, 3.05) is 59.8 Å². The van der Waals surface area contributed by atoms with Crippen LogP contribution in [0.15, 0.2) is 78.9 Å². The number of anilines is 1. The number of ether oxygens (including phenoxy) is 2. The van der Waals surface area contributed by atoms with Crippen molar-refractivity contribution in [3.63, 3.8) is 0 Å². The molecule has 0 unspecified atom stereocenters. The molecule has 1 aliphatic carbocycles. The van der Waals surface area contributed by atoms with Gasteiger partial charge in [0, 0.05) is 57.3 Å². The van der Waals surface area contributed by atoms with Gasteiger partial charge in [0.15, 0.2) is 0 Å². The number of thiophene rings is 1. The zero-order valence-corrected chi connectivity index (χ0v) is 26.7. The van der Waals surface area contributed by atoms with E-state index in [0.29, 0.717) is 0 Å². The second-order valence-corrected chi connectivity index (χ2v) is 12.8. The molecule has 7 nitrogen and oxygen atoms in total. The van der Waals surface area contributed by atoms with Gasteiger partial charge in [0.05, 0.1) is 29.8 Å². The highest BCUT2D eigenvalue weighted by Gasteiger charge is 2.33. The Balaban J connectivity index is 1.36. The minimum Gasteiger partial charge on any atom is -0.497 e. The van der Waals surface area contributed by atoms with Crippen molar-refractivity contribution in [2.45, 2.75) is 19.0 Å². The fraction of sp³-hybridized carbons (Fsp3) is 0.306. The van der Waals surface area contributed by atoms with E-state index in [4.69, 9.17) is 14.6 Å². The highest BCUT2D eigenvalue weighted by atomic mass is 32.1. The normalized spacial score (nSPS) is 14.9. The Labute approximate surface area is 263 Å². The topological polar surface area (TPSA) is 54.8 Å². The average Bonchev–Trinajstić information content (AvgIpc) is 3.78. The van der Waals surface area contributed by atoms with Crippen LogP contribution in [0.4, 0.5) is 5.00 Å². The number of fused-ring (bicyclic) bond motifs is 3. The second-order valence-electron chi connectivity index (χ2n) is 11.7. The van der Waals surface area contributed by atoms with Crippen LogP contribution in [-0.4, -0.2) is 74.1 Å². The Morgan fingerprint density at radius 2 is 1.50 bits per heavy atom. The van der Waals surface area contributed by atoms with E-state index in [0.717, 1.165) is 72.5 Å². The molecular formula is C36H39N5O2S. The Bertz CT molecular complexity index is 1700. The maximum absolute atomic E-state index is 5.51. The zero-order valence-electron chi connectivity index (χ0n) is 25.8. The maximum Gasteiger partial charge on any atom is 0.118 e. The standard InChI is InChI=1S/C36H39N5O2S/c1-37-33-16-15-32(44-33)34-31-22-27-21-24(23-40-19-17-39(2)18-20-40)5-14-30(27)36(31)41(38-34)35(25-6-10-28(42-3)11-7-25)26-8-12-29(43-4)13-9-26/h5-16,21,35,37H,17-20,22-23H2,1-4H3. The van der Waals surface area contributed by atoms with Gasteiger partial charge in [0.25, 0.3) is 0 Å². The number of nitrogens with one attached hydrogen (secondary N) is 1. The van der Waals surface area contributed by atoms with E-state index in [1.165, 1.54) is 32.8 Å². The van der Waals surface area contributed by atoms with Crippen LogP contribution < -0.4 is 14.8 Å². The first-order valence-electron chi connectivity index (χ1n) is 15.2. The number of benzene rings is 3. The first-order chi connectivity index (χ1) is 21.5. The van der Waals surface area contributed by atoms with Crippen LogP contribution in [0, 0.1) is 0 Å². The summed E-state index contributed by atoms with van der Waals surface area (Å²) in [5, 5.41) is 9.87. The number of rotatable bonds is 9. The van der Waals surface area contributed by atoms with E-state index < -0.39 is 0 Å². The van der Waals surface area contributed by atoms with Crippen molar-refractivity contribution in [3.8, 4) is 33.3 Å². The lowest BCUT2D eigenvalue weighted by atomic mass is 9.97. The fourth-order valence-corrected chi connectivity index (χ4v) is 7.40. The molecule has 0 atom stereocenters. The molecule has 1 saturated heterocycles. The van der Waals surface area contributed by atoms with Gasteiger partial charge in [-0.25, -0.2) is 0 Å². The van der Waals surface area contributed by atoms with Gasteiger partial charge in [0.2, 0.25) is 0 Å². The molecule has 1 N–H and O–H groups in total. The van der Waals surface area contributed by atoms with Crippen molar-refractivity contribution in [1.29, 1.82) is 0 Å². The summed E-state index contributed by atoms with van der Waals surface area (Å²) >= 11 is 1.75. The highest BCUT2D eigenvalue weighted by molar-refractivity contribution is 7.19. The molecule has 3 heterocycles. The molecule has 3 aromatic carbocycles. The van der Waals surface area contributed by atoms with Gasteiger partial charge in [-0.3, -0.25) is 9.58 Å². The third kappa shape index (κ3) is 5.38. The second kappa shape index (κ2) is 12.1. The zero-order chi connectivity index (χ0) is 30.2. The maximum atomic E-state index is 5.51. The van der Waals surface area contributed by atoms with Crippen LogP contribution in [0.25, 0.3) is 21.8 Å². The fourth-order valence-electron chi connectivity index (χ4n) is 6.53. The van der Waals surface area contributed by atoms with Gasteiger partial charge in [-0.2, -0.15) is 5.10 Å². The van der Waals surface area contributed by atoms with Gasteiger partial charge in [0.1, 0.15) is 23.2 Å². The number of likely N-dealkylation sites (N-methyl/N-ethyl adjacent to an activating group) is 1. The molecule has 1 fully saturated rings. The predicted molar refractivity (Wildman–Crippen MR) is 179 cm³/mol. The van der Waals surface area contributed by atoms with Crippen LogP contribution in [0.1, 0.15) is 33.9 Å². The van der Waals surface area contributed by atoms with Crippen LogP contribution in [-0.2, 0) is 13.0 Å². The molecule has 2 aromatic heterocycles. The van der Waals surface area contributed by atoms with Gasteiger partial charge < -0.3 is 19.7 Å². The van der Waals surface area contributed by atoms with E-state index >= 15 is 0 Å². The van der Waals surface area contributed by atoms with Gasteiger partial charge >= 0.3 is 0 Å². The average molecular weight is 606 g/mol. The molecule has 5 aromatic rings. The van der Waals surface area contributed by atoms with Crippen LogP contribution in [0.2, 0.25) is 0 Å². The summed E-state index contributed by atoms with van der Waals surface area (Å²) in [6, 6.07) is 28.1. The quantitative estimate of drug-likeness (QED) is 0.200. The van der Waals surface area contributed by atoms with Crippen LogP contribution in [0.3, 0.4) is 0 Å². The largest absolute Gasteiger partial charge is 0.497 e. The highest BCUT2D eigenvalue weighted by Crippen LogP contribution is 2.47. The van der Waals surface area contributed by atoms with E-state index in [2.05, 4.69) is 81.4 Å². The lowest BCUT2D eigenvalue weighted by Gasteiger charge is -2.32. The molecule has 1 aliphatic heterocycles. The smallest absolute Gasteiger partial charge is 0.118 e. The molecule has 0 spiro atoms. The van der Waals surface area contributed by atoms with Gasteiger partial charge in [-0.15, -0.1) is 11.3 Å². The van der Waals surface area contributed by atoms with Gasteiger partial charge in [-0.1, -0.05) is 42.5 Å². The molecule has 2 aliphatic rings. The molecule has 0 amide bonds. The first-order valence-corrected chi connectivity index (χ1v) is 16.1. The summed E-state index contributed by atoms with van der Waals surface area (Å²) < 4.78 is 13.3. The summed E-state index contributed by atoms with van der Waals surface area (Å²) in [5.74, 6) is 1.68. The lowest BCUT2D eigenvalue weighted by Crippen LogP contribution is -2.43. The minimum atomic E-state index is -0.131. The lowest BCUT2D eigenvalue weighted by molar-refractivity contribution is 0.148. The number of hydrogen-bond donors (Lipinski definition) is 1. The van der Waals surface area contributed by atoms with E-state index in [1.54, 1.807) is 25.6 Å². The number of methoxy groups -OCH3 is 2. The SMILES string of the molecule is CNc1ccc(-c2nn(C(c3ccc(OC)cc3)c3ccc(OC)cc3)c3c2Cc2cc(CN4CCN(C)CC4)ccc2-3)s1. The van der Waals surface area contributed by atoms with Gasteiger partial charge in [-0.05, 0) is 65.7 Å². The molecule has 0 radical (unpaired) electrons. The molecule has 0 saturated carbocycles. The third-order valence-corrected chi connectivity index (χ3v) is 10.1. The van der Waals surface area contributed by atoms with E-state index in [9.17, 15) is 0 Å². The summed E-state index contributed by atoms with van der Waals surface area (Å²) in [7, 11) is 7.60. The molecule has 44 heavy (non-hydrogen) atoms. The van der Waals surface area contributed by atoms with Crippen molar-refractivity contribution in [3.05, 3.63) is 107 Å². The Morgan fingerprint density at radius 3 is 2.09 bits per heavy atom. The van der Waals surface area contributed by atoms with Crippen molar-refractivity contribution in [2.24, 2.45) is 0 Å². The van der Waals surface area contributed by atoms with Crippen molar-refractivity contribution >= 4 is 16.3 Å². The Morgan fingerprint density at radius 1 is 0.841 bits per heavy atom. The first kappa shape index (κ1) is 28.6. The number of hydrogen-bond acceptors (Lipinski definition) is 7. The van der Waals surface area contributed by atoms with E-state index in [-0.39, 0.29) is 6.04 Å². The minimum absolute atomic E-state index is 0.131. The number of piperazine rings is 1. The van der Waals surface area contributed by atoms with E-state index in [1.807, 2.05) is 31.3 Å². The molecule has 0 bridgehead atoms. The summed E-state index contributed by atoms with van der Waals surface area (Å²) in [5.41, 5.74) is 9.91. The molecule has 226 valence electrons. The molecule has 7 rings (SSSR count). The van der Waals surface area contributed by atoms with Crippen molar-refractivity contribution < 1.29 is 9.47 Å².